The number of nitrogens with zero attached hydrogens (tertiary/aromatic N) is 3. The molecule has 10 heteroatoms. The van der Waals surface area contributed by atoms with E-state index in [1.165, 1.54) is 0 Å². The van der Waals surface area contributed by atoms with Crippen LogP contribution in [-0.4, -0.2) is 46.7 Å². The number of aliphatic hydroxyl groups excluding tert-OH is 1. The van der Waals surface area contributed by atoms with Gasteiger partial charge in [-0.3, -0.25) is 9.36 Å². The molecule has 2 unspecified atom stereocenters. The van der Waals surface area contributed by atoms with Crippen LogP contribution >= 0.6 is 11.6 Å². The minimum absolute atomic E-state index is 0.0953. The number of methoxy groups -OCH3 is 2. The molecule has 0 aliphatic carbocycles. The molecule has 2 aromatic carbocycles. The van der Waals surface area contributed by atoms with Crippen molar-refractivity contribution in [3.05, 3.63) is 64.2 Å². The van der Waals surface area contributed by atoms with Crippen molar-refractivity contribution in [1.29, 1.82) is 0 Å². The van der Waals surface area contributed by atoms with Crippen LogP contribution in [0.5, 0.6) is 11.5 Å². The summed E-state index contributed by atoms with van der Waals surface area (Å²) in [4.78, 5) is 12.4. The van der Waals surface area contributed by atoms with Crippen LogP contribution in [0.3, 0.4) is 0 Å². The number of aromatic nitrogens is 3. The molecule has 4 rings (SSSR count). The zero-order chi connectivity index (χ0) is 23.5. The van der Waals surface area contributed by atoms with Crippen LogP contribution in [0.4, 0.5) is 0 Å². The standard InChI is InChI=1S/C23H24ClN3O6/c1-4-32-20(29)11-18-23-26-25-19(12-28)27(23)16-9-8-13(24)10-15(16)21(33-18)14-6-5-7-17(30-2)22(14)31-3/h5-10,18,21,28H,4,11-12H2,1-3H3. The Hall–Kier alpha value is -3.14. The monoisotopic (exact) mass is 473 g/mol. The summed E-state index contributed by atoms with van der Waals surface area (Å²) in [5.41, 5.74) is 2.04. The fourth-order valence-electron chi connectivity index (χ4n) is 4.01. The summed E-state index contributed by atoms with van der Waals surface area (Å²) in [5, 5.41) is 18.7. The molecular weight excluding hydrogens is 450 g/mol. The van der Waals surface area contributed by atoms with Crippen molar-refractivity contribution < 1.29 is 28.8 Å². The molecule has 0 saturated carbocycles. The molecule has 174 valence electrons. The number of ether oxygens (including phenoxy) is 4. The van der Waals surface area contributed by atoms with Crippen molar-refractivity contribution in [2.75, 3.05) is 20.8 Å². The lowest BCUT2D eigenvalue weighted by Gasteiger charge is -2.24. The lowest BCUT2D eigenvalue weighted by Crippen LogP contribution is -2.17. The molecule has 0 bridgehead atoms. The first-order valence-corrected chi connectivity index (χ1v) is 10.8. The van der Waals surface area contributed by atoms with Crippen LogP contribution < -0.4 is 9.47 Å². The Balaban J connectivity index is 1.95. The maximum Gasteiger partial charge on any atom is 0.308 e. The maximum atomic E-state index is 12.4. The molecule has 9 nitrogen and oxygen atoms in total. The van der Waals surface area contributed by atoms with E-state index in [1.54, 1.807) is 50.0 Å². The molecule has 1 aliphatic heterocycles. The highest BCUT2D eigenvalue weighted by molar-refractivity contribution is 6.30. The molecule has 2 heterocycles. The summed E-state index contributed by atoms with van der Waals surface area (Å²) in [6.07, 6.45) is -1.61. The number of halogens is 1. The van der Waals surface area contributed by atoms with E-state index >= 15 is 0 Å². The number of carbonyl (C=O) groups is 1. The smallest absolute Gasteiger partial charge is 0.308 e. The maximum absolute atomic E-state index is 12.4. The van der Waals surface area contributed by atoms with E-state index in [9.17, 15) is 9.90 Å². The van der Waals surface area contributed by atoms with Crippen molar-refractivity contribution in [3.8, 4) is 17.2 Å². The van der Waals surface area contributed by atoms with Crippen molar-refractivity contribution in [3.63, 3.8) is 0 Å². The first kappa shape index (κ1) is 23.0. The van der Waals surface area contributed by atoms with E-state index in [0.717, 1.165) is 0 Å². The van der Waals surface area contributed by atoms with E-state index < -0.39 is 18.2 Å². The first-order valence-electron chi connectivity index (χ1n) is 10.4. The third kappa shape index (κ3) is 4.27. The van der Waals surface area contributed by atoms with Gasteiger partial charge in [0.1, 0.15) is 18.8 Å². The van der Waals surface area contributed by atoms with Gasteiger partial charge in [0.05, 0.1) is 32.9 Å². The van der Waals surface area contributed by atoms with Crippen LogP contribution in [0.25, 0.3) is 5.69 Å². The third-order valence-electron chi connectivity index (χ3n) is 5.37. The van der Waals surface area contributed by atoms with Gasteiger partial charge in [0, 0.05) is 16.1 Å². The minimum atomic E-state index is -0.816. The zero-order valence-corrected chi connectivity index (χ0v) is 19.2. The largest absolute Gasteiger partial charge is 0.493 e. The molecule has 0 fully saturated rings. The van der Waals surface area contributed by atoms with Gasteiger partial charge in [-0.2, -0.15) is 0 Å². The van der Waals surface area contributed by atoms with Crippen molar-refractivity contribution >= 4 is 17.6 Å². The Bertz CT molecular complexity index is 1170. The highest BCUT2D eigenvalue weighted by atomic mass is 35.5. The van der Waals surface area contributed by atoms with E-state index in [1.807, 2.05) is 12.1 Å². The van der Waals surface area contributed by atoms with Gasteiger partial charge in [0.25, 0.3) is 0 Å². The number of fused-ring (bicyclic) bond motifs is 3. The van der Waals surface area contributed by atoms with Crippen molar-refractivity contribution in [2.24, 2.45) is 0 Å². The summed E-state index contributed by atoms with van der Waals surface area (Å²) in [7, 11) is 3.10. The lowest BCUT2D eigenvalue weighted by atomic mass is 9.98. The van der Waals surface area contributed by atoms with E-state index in [2.05, 4.69) is 10.2 Å². The Morgan fingerprint density at radius 3 is 2.70 bits per heavy atom. The number of carbonyl (C=O) groups excluding carboxylic acids is 1. The van der Waals surface area contributed by atoms with Gasteiger partial charge in [-0.15, -0.1) is 10.2 Å². The highest BCUT2D eigenvalue weighted by Gasteiger charge is 2.36. The summed E-state index contributed by atoms with van der Waals surface area (Å²) in [5.74, 6) is 1.27. The molecule has 2 atom stereocenters. The van der Waals surface area contributed by atoms with Crippen LogP contribution in [-0.2, 0) is 20.9 Å². The number of rotatable bonds is 7. The van der Waals surface area contributed by atoms with Crippen molar-refractivity contribution in [2.45, 2.75) is 32.2 Å². The second kappa shape index (κ2) is 9.78. The molecule has 33 heavy (non-hydrogen) atoms. The van der Waals surface area contributed by atoms with Crippen LogP contribution in [0.15, 0.2) is 36.4 Å². The fraction of sp³-hybridized carbons (Fsp3) is 0.348. The number of hydrogen-bond donors (Lipinski definition) is 1. The van der Waals surface area contributed by atoms with Gasteiger partial charge in [0.2, 0.25) is 0 Å². The summed E-state index contributed by atoms with van der Waals surface area (Å²) < 4.78 is 24.5. The van der Waals surface area contributed by atoms with E-state index in [0.29, 0.717) is 45.0 Å². The number of esters is 1. The molecule has 0 amide bonds. The van der Waals surface area contributed by atoms with Crippen LogP contribution in [0, 0.1) is 0 Å². The molecule has 1 N–H and O–H groups in total. The van der Waals surface area contributed by atoms with Gasteiger partial charge in [0.15, 0.2) is 23.1 Å². The van der Waals surface area contributed by atoms with Gasteiger partial charge >= 0.3 is 5.97 Å². The number of hydrogen-bond acceptors (Lipinski definition) is 8. The second-order valence-corrected chi connectivity index (χ2v) is 7.70. The Morgan fingerprint density at radius 2 is 2.00 bits per heavy atom. The van der Waals surface area contributed by atoms with Gasteiger partial charge in [-0.05, 0) is 31.2 Å². The van der Waals surface area contributed by atoms with Crippen LogP contribution in [0.2, 0.25) is 5.02 Å². The number of para-hydroxylation sites is 1. The molecule has 1 aliphatic rings. The number of aliphatic hydroxyl groups is 1. The minimum Gasteiger partial charge on any atom is -0.493 e. The predicted octanol–water partition coefficient (Wildman–Crippen LogP) is 3.54. The molecular formula is C23H24ClN3O6. The molecule has 0 spiro atoms. The Kier molecular flexibility index (Phi) is 6.83. The van der Waals surface area contributed by atoms with Crippen molar-refractivity contribution in [1.82, 2.24) is 14.8 Å². The second-order valence-electron chi connectivity index (χ2n) is 7.27. The quantitative estimate of drug-likeness (QED) is 0.519. The molecule has 3 aromatic rings. The molecule has 0 saturated heterocycles. The van der Waals surface area contributed by atoms with Gasteiger partial charge < -0.3 is 24.1 Å². The predicted molar refractivity (Wildman–Crippen MR) is 119 cm³/mol. The van der Waals surface area contributed by atoms with E-state index in [4.69, 9.17) is 30.5 Å². The topological polar surface area (TPSA) is 105 Å². The van der Waals surface area contributed by atoms with E-state index in [-0.39, 0.29) is 19.6 Å². The zero-order valence-electron chi connectivity index (χ0n) is 18.4. The normalized spacial score (nSPS) is 17.0. The Labute approximate surface area is 195 Å². The summed E-state index contributed by atoms with van der Waals surface area (Å²) in [6, 6.07) is 10.8. The third-order valence-corrected chi connectivity index (χ3v) is 5.61. The Morgan fingerprint density at radius 1 is 1.18 bits per heavy atom. The first-order chi connectivity index (χ1) is 16.0. The van der Waals surface area contributed by atoms with Crippen LogP contribution in [0.1, 0.15) is 48.3 Å². The molecule has 0 radical (unpaired) electrons. The fourth-order valence-corrected chi connectivity index (χ4v) is 4.19. The highest BCUT2D eigenvalue weighted by Crippen LogP contribution is 2.46. The van der Waals surface area contributed by atoms with Gasteiger partial charge in [-0.25, -0.2) is 0 Å². The summed E-state index contributed by atoms with van der Waals surface area (Å²) >= 11 is 6.38. The summed E-state index contributed by atoms with van der Waals surface area (Å²) in [6.45, 7) is 1.62. The molecule has 1 aromatic heterocycles. The average Bonchev–Trinajstić information content (AvgIpc) is 3.20. The number of benzene rings is 2. The SMILES string of the molecule is CCOC(=O)CC1OC(c2cccc(OC)c2OC)c2cc(Cl)ccc2-n2c(CO)nnc21. The average molecular weight is 474 g/mol. The van der Waals surface area contributed by atoms with Gasteiger partial charge in [-0.1, -0.05) is 23.7 Å². The lowest BCUT2D eigenvalue weighted by molar-refractivity contribution is -0.147.